The lowest BCUT2D eigenvalue weighted by atomic mass is 10.1. The SMILES string of the molecule is [2H]C([2H])(N[13C](=O)C(C)C)C(=O)C(C)C. The van der Waals surface area contributed by atoms with E-state index < -0.39 is 24.1 Å². The van der Waals surface area contributed by atoms with Crippen molar-refractivity contribution in [1.82, 2.24) is 5.32 Å². The minimum Gasteiger partial charge on any atom is -0.349 e. The Morgan fingerprint density at radius 3 is 2.08 bits per heavy atom. The lowest BCUT2D eigenvalue weighted by molar-refractivity contribution is -0.128. The summed E-state index contributed by atoms with van der Waals surface area (Å²) in [4.78, 5) is 22.5. The van der Waals surface area contributed by atoms with E-state index in [4.69, 9.17) is 2.74 Å². The highest BCUT2D eigenvalue weighted by Crippen LogP contribution is 1.94. The molecule has 0 rings (SSSR count). The molecular formula is C9H17NO2. The van der Waals surface area contributed by atoms with Gasteiger partial charge in [-0.3, -0.25) is 9.59 Å². The summed E-state index contributed by atoms with van der Waals surface area (Å²) < 4.78 is 14.7. The van der Waals surface area contributed by atoms with E-state index in [1.165, 1.54) is 0 Å². The van der Waals surface area contributed by atoms with Gasteiger partial charge in [0.1, 0.15) is 0 Å². The zero-order valence-corrected chi connectivity index (χ0v) is 7.97. The Kier molecular flexibility index (Phi) is 3.18. The number of hydrogen-bond donors (Lipinski definition) is 1. The van der Waals surface area contributed by atoms with Crippen molar-refractivity contribution in [3.63, 3.8) is 0 Å². The van der Waals surface area contributed by atoms with Gasteiger partial charge in [0.15, 0.2) is 5.78 Å². The van der Waals surface area contributed by atoms with Gasteiger partial charge in [-0.2, -0.15) is 0 Å². The van der Waals surface area contributed by atoms with Crippen LogP contribution in [0, 0.1) is 11.8 Å². The highest BCUT2D eigenvalue weighted by molar-refractivity contribution is 5.87. The van der Waals surface area contributed by atoms with Crippen molar-refractivity contribution >= 4 is 11.7 Å². The molecular weight excluding hydrogens is 155 g/mol. The van der Waals surface area contributed by atoms with Crippen LogP contribution in [0.4, 0.5) is 0 Å². The molecule has 0 atom stereocenters. The van der Waals surface area contributed by atoms with E-state index in [1.807, 2.05) is 0 Å². The molecule has 1 N–H and O–H groups in total. The molecule has 0 aliphatic carbocycles. The maximum Gasteiger partial charge on any atom is 0.222 e. The summed E-state index contributed by atoms with van der Waals surface area (Å²) >= 11 is 0. The molecule has 0 aliphatic rings. The van der Waals surface area contributed by atoms with Gasteiger partial charge in [-0.1, -0.05) is 27.7 Å². The number of nitrogens with one attached hydrogen (secondary N) is 1. The summed E-state index contributed by atoms with van der Waals surface area (Å²) in [6, 6.07) is 0. The van der Waals surface area contributed by atoms with Crippen LogP contribution in [-0.4, -0.2) is 18.2 Å². The molecule has 1 amide bonds. The number of Topliss-reactive ketones (excluding diaryl/α,β-unsaturated/α-hetero) is 1. The first-order valence-corrected chi connectivity index (χ1v) is 4.04. The fourth-order valence-corrected chi connectivity index (χ4v) is 0.412. The Labute approximate surface area is 76.3 Å². The van der Waals surface area contributed by atoms with E-state index in [9.17, 15) is 9.59 Å². The second-order valence-corrected chi connectivity index (χ2v) is 3.29. The predicted molar refractivity (Wildman–Crippen MR) is 47.7 cm³/mol. The lowest BCUT2D eigenvalue weighted by Gasteiger charge is -2.07. The van der Waals surface area contributed by atoms with Crippen LogP contribution in [0.2, 0.25) is 0 Å². The Hall–Kier alpha value is -0.860. The maximum absolute atomic E-state index is 11.3. The summed E-state index contributed by atoms with van der Waals surface area (Å²) in [5.74, 6) is -1.82. The molecule has 0 spiro atoms. The number of hydrogen-bond acceptors (Lipinski definition) is 2. The van der Waals surface area contributed by atoms with Crippen LogP contribution >= 0.6 is 0 Å². The normalized spacial score (nSPS) is 14.2. The molecule has 0 aromatic carbocycles. The van der Waals surface area contributed by atoms with Crippen LogP contribution < -0.4 is 5.32 Å². The summed E-state index contributed by atoms with van der Waals surface area (Å²) in [5.41, 5.74) is 0. The van der Waals surface area contributed by atoms with Crippen molar-refractivity contribution in [3.8, 4) is 0 Å². The number of ketones is 1. The standard InChI is InChI=1S/C9H17NO2/c1-6(2)8(11)5-10-9(12)7(3)4/h6-7H,5H2,1-4H3,(H,10,12)/i5D2,9+1. The smallest absolute Gasteiger partial charge is 0.222 e. The van der Waals surface area contributed by atoms with E-state index in [-0.39, 0.29) is 5.92 Å². The zero-order valence-electron chi connectivity index (χ0n) is 9.97. The van der Waals surface area contributed by atoms with Gasteiger partial charge in [0.25, 0.3) is 0 Å². The Balaban J connectivity index is 4.49. The van der Waals surface area contributed by atoms with Gasteiger partial charge in [-0.15, -0.1) is 0 Å². The Morgan fingerprint density at radius 2 is 1.75 bits per heavy atom. The molecule has 3 heteroatoms. The monoisotopic (exact) mass is 174 g/mol. The maximum atomic E-state index is 11.3. The minimum absolute atomic E-state index is 0.329. The second kappa shape index (κ2) is 4.91. The fraction of sp³-hybridized carbons (Fsp3) is 0.778. The first-order chi connectivity index (χ1) is 6.18. The van der Waals surface area contributed by atoms with Gasteiger partial charge < -0.3 is 5.32 Å². The molecule has 0 bridgehead atoms. The average molecular weight is 174 g/mol. The first-order valence-electron chi connectivity index (χ1n) is 5.04. The Morgan fingerprint density at radius 1 is 1.25 bits per heavy atom. The topological polar surface area (TPSA) is 46.2 Å². The van der Waals surface area contributed by atoms with E-state index in [0.717, 1.165) is 0 Å². The molecule has 0 saturated heterocycles. The summed E-state index contributed by atoms with van der Waals surface area (Å²) in [7, 11) is 0. The Bertz CT molecular complexity index is 237. The van der Waals surface area contributed by atoms with Gasteiger partial charge in [0.05, 0.1) is 9.24 Å². The highest BCUT2D eigenvalue weighted by atomic mass is 16.2. The number of rotatable bonds is 4. The number of carbonyl (C=O) groups excluding carboxylic acids is 2. The lowest BCUT2D eigenvalue weighted by Crippen LogP contribution is -2.34. The van der Waals surface area contributed by atoms with Crippen LogP contribution in [0.25, 0.3) is 0 Å². The van der Waals surface area contributed by atoms with Crippen LogP contribution in [0.5, 0.6) is 0 Å². The molecule has 70 valence electrons. The van der Waals surface area contributed by atoms with Gasteiger partial charge in [0.2, 0.25) is 5.91 Å². The van der Waals surface area contributed by atoms with Crippen molar-refractivity contribution in [2.24, 2.45) is 11.8 Å². The molecule has 0 aromatic rings. The molecule has 12 heavy (non-hydrogen) atoms. The third-order valence-electron chi connectivity index (χ3n) is 1.36. The minimum atomic E-state index is -2.25. The van der Waals surface area contributed by atoms with Crippen molar-refractivity contribution < 1.29 is 12.3 Å². The molecule has 0 aromatic heterocycles. The van der Waals surface area contributed by atoms with E-state index in [0.29, 0.717) is 0 Å². The number of amides is 1. The second-order valence-electron chi connectivity index (χ2n) is 3.29. The quantitative estimate of drug-likeness (QED) is 0.646. The molecule has 0 heterocycles. The third kappa shape index (κ3) is 4.11. The zero-order chi connectivity index (χ0) is 11.5. The average Bonchev–Trinajstić information content (AvgIpc) is 2.01. The van der Waals surface area contributed by atoms with Crippen LogP contribution in [0.3, 0.4) is 0 Å². The van der Waals surface area contributed by atoms with Crippen molar-refractivity contribution in [1.29, 1.82) is 0 Å². The van der Waals surface area contributed by atoms with E-state index in [1.54, 1.807) is 27.7 Å². The molecule has 0 radical (unpaired) electrons. The molecule has 0 fully saturated rings. The van der Waals surface area contributed by atoms with Gasteiger partial charge >= 0.3 is 0 Å². The van der Waals surface area contributed by atoms with Gasteiger partial charge in [0, 0.05) is 11.8 Å². The summed E-state index contributed by atoms with van der Waals surface area (Å²) in [6.45, 7) is 4.23. The summed E-state index contributed by atoms with van der Waals surface area (Å²) in [6.07, 6.45) is 0. The van der Waals surface area contributed by atoms with E-state index in [2.05, 4.69) is 5.32 Å². The number of carbonyl (C=O) groups is 2. The van der Waals surface area contributed by atoms with Crippen molar-refractivity contribution in [2.45, 2.75) is 27.7 Å². The van der Waals surface area contributed by atoms with Gasteiger partial charge in [-0.25, -0.2) is 0 Å². The van der Waals surface area contributed by atoms with Crippen LogP contribution in [-0.2, 0) is 9.59 Å². The highest BCUT2D eigenvalue weighted by Gasteiger charge is 2.10. The first kappa shape index (κ1) is 7.77. The predicted octanol–water partition coefficient (Wildman–Crippen LogP) is 0.984. The van der Waals surface area contributed by atoms with Crippen molar-refractivity contribution in [2.75, 3.05) is 6.50 Å². The summed E-state index contributed by atoms with van der Waals surface area (Å²) in [5, 5.41) is 2.08. The van der Waals surface area contributed by atoms with Crippen LogP contribution in [0.1, 0.15) is 30.4 Å². The largest absolute Gasteiger partial charge is 0.349 e. The fourth-order valence-electron chi connectivity index (χ4n) is 0.412. The van der Waals surface area contributed by atoms with Crippen LogP contribution in [0.15, 0.2) is 0 Å². The van der Waals surface area contributed by atoms with Crippen molar-refractivity contribution in [3.05, 3.63) is 0 Å². The molecule has 3 nitrogen and oxygen atoms in total. The molecule has 0 aliphatic heterocycles. The van der Waals surface area contributed by atoms with E-state index >= 15 is 0 Å². The molecule has 0 saturated carbocycles. The third-order valence-corrected chi connectivity index (χ3v) is 1.36. The van der Waals surface area contributed by atoms with Gasteiger partial charge in [-0.05, 0) is 0 Å². The molecule has 0 unspecified atom stereocenters.